The molecule has 0 aromatic carbocycles. The Balaban J connectivity index is 2.60. The Kier molecular flexibility index (Phi) is 3.02. The summed E-state index contributed by atoms with van der Waals surface area (Å²) in [5.41, 5.74) is -0.706. The fraction of sp³-hybridized carbons (Fsp3) is 0.0909. The number of pyridine rings is 2. The van der Waals surface area contributed by atoms with E-state index in [4.69, 9.17) is 11.6 Å². The second-order valence-electron chi connectivity index (χ2n) is 3.28. The quantitative estimate of drug-likeness (QED) is 0.777. The summed E-state index contributed by atoms with van der Waals surface area (Å²) < 4.78 is 38.2. The first kappa shape index (κ1) is 11.9. The molecule has 0 bridgehead atoms. The summed E-state index contributed by atoms with van der Waals surface area (Å²) in [7, 11) is 0. The first-order valence-corrected chi connectivity index (χ1v) is 4.99. The third-order valence-corrected chi connectivity index (χ3v) is 2.36. The van der Waals surface area contributed by atoms with Crippen LogP contribution in [0.3, 0.4) is 0 Å². The topological polar surface area (TPSA) is 25.8 Å². The van der Waals surface area contributed by atoms with Crippen LogP contribution in [-0.2, 0) is 6.18 Å². The van der Waals surface area contributed by atoms with E-state index in [1.165, 1.54) is 18.3 Å². The third kappa shape index (κ3) is 2.55. The maximum absolute atomic E-state index is 12.7. The van der Waals surface area contributed by atoms with E-state index in [0.717, 1.165) is 18.5 Å². The van der Waals surface area contributed by atoms with Crippen LogP contribution in [-0.4, -0.2) is 9.97 Å². The second-order valence-corrected chi connectivity index (χ2v) is 3.71. The molecule has 2 rings (SSSR count). The number of hydrogen-bond acceptors (Lipinski definition) is 2. The fourth-order valence-corrected chi connectivity index (χ4v) is 1.56. The van der Waals surface area contributed by atoms with Crippen LogP contribution in [0.5, 0.6) is 0 Å². The van der Waals surface area contributed by atoms with Gasteiger partial charge in [-0.15, -0.1) is 0 Å². The highest BCUT2D eigenvalue weighted by molar-refractivity contribution is 6.30. The molecule has 2 nitrogen and oxygen atoms in total. The SMILES string of the molecule is FC(F)(F)c1ccncc1-c1cc(Cl)ccn1. The number of nitrogens with zero attached hydrogens (tertiary/aromatic N) is 2. The monoisotopic (exact) mass is 258 g/mol. The molecule has 2 aromatic rings. The summed E-state index contributed by atoms with van der Waals surface area (Å²) >= 11 is 5.72. The van der Waals surface area contributed by atoms with E-state index in [9.17, 15) is 13.2 Å². The van der Waals surface area contributed by atoms with Gasteiger partial charge in [0, 0.05) is 29.2 Å². The molecule has 0 N–H and O–H groups in total. The van der Waals surface area contributed by atoms with E-state index in [1.807, 2.05) is 0 Å². The lowest BCUT2D eigenvalue weighted by atomic mass is 10.1. The molecule has 0 atom stereocenters. The molecule has 2 heterocycles. The smallest absolute Gasteiger partial charge is 0.264 e. The van der Waals surface area contributed by atoms with Gasteiger partial charge in [0.25, 0.3) is 0 Å². The minimum absolute atomic E-state index is 0.0810. The van der Waals surface area contributed by atoms with Gasteiger partial charge in [0.2, 0.25) is 0 Å². The number of rotatable bonds is 1. The van der Waals surface area contributed by atoms with Crippen molar-refractivity contribution in [2.45, 2.75) is 6.18 Å². The van der Waals surface area contributed by atoms with Crippen molar-refractivity contribution in [1.29, 1.82) is 0 Å². The zero-order chi connectivity index (χ0) is 12.5. The molecular weight excluding hydrogens is 253 g/mol. The predicted octanol–water partition coefficient (Wildman–Crippen LogP) is 3.82. The van der Waals surface area contributed by atoms with Gasteiger partial charge >= 0.3 is 6.18 Å². The van der Waals surface area contributed by atoms with Crippen molar-refractivity contribution in [3.05, 3.63) is 47.4 Å². The number of aromatic nitrogens is 2. The van der Waals surface area contributed by atoms with E-state index < -0.39 is 11.7 Å². The van der Waals surface area contributed by atoms with Crippen molar-refractivity contribution < 1.29 is 13.2 Å². The first-order chi connectivity index (χ1) is 7.98. The standard InChI is InChI=1S/C11H6ClF3N2/c12-7-1-4-17-10(5-7)8-6-16-3-2-9(8)11(13,14)15/h1-6H. The molecule has 2 aromatic heterocycles. The molecular formula is C11H6ClF3N2. The van der Waals surface area contributed by atoms with Gasteiger partial charge in [0.05, 0.1) is 11.3 Å². The van der Waals surface area contributed by atoms with Gasteiger partial charge in [-0.05, 0) is 18.2 Å². The molecule has 0 aliphatic heterocycles. The largest absolute Gasteiger partial charge is 0.417 e. The fourth-order valence-electron chi connectivity index (χ4n) is 1.40. The summed E-state index contributed by atoms with van der Waals surface area (Å²) in [6, 6.07) is 3.78. The van der Waals surface area contributed by atoms with Crippen molar-refractivity contribution in [2.75, 3.05) is 0 Å². The predicted molar refractivity (Wildman–Crippen MR) is 57.5 cm³/mol. The van der Waals surface area contributed by atoms with Crippen molar-refractivity contribution in [3.8, 4) is 11.3 Å². The van der Waals surface area contributed by atoms with Crippen LogP contribution in [0.15, 0.2) is 36.8 Å². The zero-order valence-corrected chi connectivity index (χ0v) is 9.13. The molecule has 0 saturated carbocycles. The van der Waals surface area contributed by atoms with Crippen molar-refractivity contribution in [2.24, 2.45) is 0 Å². The first-order valence-electron chi connectivity index (χ1n) is 4.61. The van der Waals surface area contributed by atoms with Gasteiger partial charge in [-0.3, -0.25) is 9.97 Å². The highest BCUT2D eigenvalue weighted by Crippen LogP contribution is 2.36. The highest BCUT2D eigenvalue weighted by Gasteiger charge is 2.33. The molecule has 0 saturated heterocycles. The molecule has 6 heteroatoms. The van der Waals surface area contributed by atoms with Crippen LogP contribution in [0.2, 0.25) is 5.02 Å². The molecule has 0 aliphatic rings. The Hall–Kier alpha value is -1.62. The number of hydrogen-bond donors (Lipinski definition) is 0. The molecule has 88 valence electrons. The summed E-state index contributed by atoms with van der Waals surface area (Å²) in [6.07, 6.45) is -0.870. The summed E-state index contributed by atoms with van der Waals surface area (Å²) in [6.45, 7) is 0. The average molecular weight is 259 g/mol. The Labute approximate surface area is 100 Å². The maximum atomic E-state index is 12.7. The number of halogens is 4. The van der Waals surface area contributed by atoms with E-state index in [1.54, 1.807) is 0 Å². The summed E-state index contributed by atoms with van der Waals surface area (Å²) in [5, 5.41) is 0.326. The molecule has 0 unspecified atom stereocenters. The van der Waals surface area contributed by atoms with Crippen molar-refractivity contribution in [3.63, 3.8) is 0 Å². The Morgan fingerprint density at radius 3 is 2.53 bits per heavy atom. The minimum atomic E-state index is -4.44. The Morgan fingerprint density at radius 2 is 1.88 bits per heavy atom. The lowest BCUT2D eigenvalue weighted by molar-refractivity contribution is -0.137. The molecule has 0 fully saturated rings. The maximum Gasteiger partial charge on any atom is 0.417 e. The molecule has 0 amide bonds. The third-order valence-electron chi connectivity index (χ3n) is 2.12. The molecule has 0 spiro atoms. The van der Waals surface area contributed by atoms with Gasteiger partial charge in [-0.1, -0.05) is 11.6 Å². The van der Waals surface area contributed by atoms with Crippen LogP contribution < -0.4 is 0 Å². The van der Waals surface area contributed by atoms with Crippen LogP contribution in [0.25, 0.3) is 11.3 Å². The lowest BCUT2D eigenvalue weighted by Gasteiger charge is -2.11. The lowest BCUT2D eigenvalue weighted by Crippen LogP contribution is -2.07. The summed E-state index contributed by atoms with van der Waals surface area (Å²) in [5.74, 6) is 0. The van der Waals surface area contributed by atoms with E-state index in [-0.39, 0.29) is 11.3 Å². The van der Waals surface area contributed by atoms with E-state index in [0.29, 0.717) is 5.02 Å². The van der Waals surface area contributed by atoms with Gasteiger partial charge in [0.1, 0.15) is 0 Å². The van der Waals surface area contributed by atoms with Crippen LogP contribution in [0.4, 0.5) is 13.2 Å². The van der Waals surface area contributed by atoms with Crippen LogP contribution in [0.1, 0.15) is 5.56 Å². The van der Waals surface area contributed by atoms with E-state index in [2.05, 4.69) is 9.97 Å². The van der Waals surface area contributed by atoms with E-state index >= 15 is 0 Å². The van der Waals surface area contributed by atoms with Gasteiger partial charge in [-0.25, -0.2) is 0 Å². The van der Waals surface area contributed by atoms with Gasteiger partial charge < -0.3 is 0 Å². The number of alkyl halides is 3. The second kappa shape index (κ2) is 4.33. The van der Waals surface area contributed by atoms with Crippen molar-refractivity contribution in [1.82, 2.24) is 9.97 Å². The Bertz CT molecular complexity index is 540. The Morgan fingerprint density at radius 1 is 1.12 bits per heavy atom. The van der Waals surface area contributed by atoms with Crippen LogP contribution >= 0.6 is 11.6 Å². The van der Waals surface area contributed by atoms with Crippen LogP contribution in [0, 0.1) is 0 Å². The van der Waals surface area contributed by atoms with Gasteiger partial charge in [-0.2, -0.15) is 13.2 Å². The highest BCUT2D eigenvalue weighted by atomic mass is 35.5. The van der Waals surface area contributed by atoms with Gasteiger partial charge in [0.15, 0.2) is 0 Å². The molecule has 17 heavy (non-hydrogen) atoms. The molecule has 0 radical (unpaired) electrons. The minimum Gasteiger partial charge on any atom is -0.264 e. The average Bonchev–Trinajstić information content (AvgIpc) is 2.28. The summed E-state index contributed by atoms with van der Waals surface area (Å²) in [4.78, 5) is 7.54. The molecule has 0 aliphatic carbocycles. The zero-order valence-electron chi connectivity index (χ0n) is 8.37. The normalized spacial score (nSPS) is 11.5. The van der Waals surface area contributed by atoms with Crippen molar-refractivity contribution >= 4 is 11.6 Å².